The van der Waals surface area contributed by atoms with Gasteiger partial charge in [0, 0.05) is 5.56 Å². The maximum absolute atomic E-state index is 13.0. The summed E-state index contributed by atoms with van der Waals surface area (Å²) in [6, 6.07) is 12.9. The monoisotopic (exact) mass is 393 g/mol. The summed E-state index contributed by atoms with van der Waals surface area (Å²) in [7, 11) is 4.02. The fourth-order valence-corrected chi connectivity index (χ4v) is 3.69. The molecule has 152 valence electrons. The van der Waals surface area contributed by atoms with Gasteiger partial charge in [-0.15, -0.1) is 0 Å². The minimum absolute atomic E-state index is 0.102. The lowest BCUT2D eigenvalue weighted by Crippen LogP contribution is -3.06. The first kappa shape index (κ1) is 20.8. The number of ketones is 1. The van der Waals surface area contributed by atoms with Gasteiger partial charge in [-0.05, 0) is 38.0 Å². The Morgan fingerprint density at radius 3 is 2.24 bits per heavy atom. The van der Waals surface area contributed by atoms with E-state index < -0.39 is 17.7 Å². The molecule has 1 fully saturated rings. The molecule has 1 amide bonds. The number of quaternary nitrogens is 1. The lowest BCUT2D eigenvalue weighted by molar-refractivity contribution is -0.857. The smallest absolute Gasteiger partial charge is 0.295 e. The summed E-state index contributed by atoms with van der Waals surface area (Å²) in [6.45, 7) is 6.97. The number of benzene rings is 2. The van der Waals surface area contributed by atoms with E-state index in [9.17, 15) is 14.7 Å². The van der Waals surface area contributed by atoms with Crippen LogP contribution in [0.3, 0.4) is 0 Å². The van der Waals surface area contributed by atoms with Crippen LogP contribution in [0.5, 0.6) is 0 Å². The Kier molecular flexibility index (Phi) is 5.89. The van der Waals surface area contributed by atoms with E-state index in [1.165, 1.54) is 4.90 Å². The van der Waals surface area contributed by atoms with Crippen molar-refractivity contribution in [3.8, 4) is 0 Å². The highest BCUT2D eigenvalue weighted by Crippen LogP contribution is 2.39. The van der Waals surface area contributed by atoms with Gasteiger partial charge in [0.15, 0.2) is 0 Å². The van der Waals surface area contributed by atoms with Crippen molar-refractivity contribution in [1.29, 1.82) is 0 Å². The van der Waals surface area contributed by atoms with Crippen molar-refractivity contribution in [2.75, 3.05) is 27.2 Å². The molecule has 0 unspecified atom stereocenters. The number of likely N-dealkylation sites (N-methyl/N-ethyl adjacent to an activating group) is 1. The van der Waals surface area contributed by atoms with E-state index in [2.05, 4.69) is 0 Å². The first-order valence-corrected chi connectivity index (χ1v) is 9.92. The van der Waals surface area contributed by atoms with Crippen molar-refractivity contribution in [3.05, 3.63) is 75.9 Å². The maximum Gasteiger partial charge on any atom is 0.295 e. The summed E-state index contributed by atoms with van der Waals surface area (Å²) < 4.78 is 0. The van der Waals surface area contributed by atoms with Crippen LogP contribution >= 0.6 is 0 Å². The van der Waals surface area contributed by atoms with Crippen LogP contribution in [0.15, 0.2) is 48.0 Å². The highest BCUT2D eigenvalue weighted by Gasteiger charge is 2.46. The van der Waals surface area contributed by atoms with E-state index in [-0.39, 0.29) is 11.3 Å². The molecule has 0 bridgehead atoms. The number of rotatable bonds is 5. The number of likely N-dealkylation sites (tertiary alicyclic amines) is 1. The van der Waals surface area contributed by atoms with Crippen LogP contribution in [-0.2, 0) is 9.59 Å². The minimum atomic E-state index is -0.622. The van der Waals surface area contributed by atoms with Crippen molar-refractivity contribution >= 4 is 17.4 Å². The maximum atomic E-state index is 13.0. The van der Waals surface area contributed by atoms with Crippen LogP contribution in [0.25, 0.3) is 5.76 Å². The van der Waals surface area contributed by atoms with Gasteiger partial charge in [0.05, 0.1) is 38.8 Å². The highest BCUT2D eigenvalue weighted by molar-refractivity contribution is 6.46. The molecule has 5 nitrogen and oxygen atoms in total. The van der Waals surface area contributed by atoms with Gasteiger partial charge in [0.1, 0.15) is 5.76 Å². The molecule has 1 heterocycles. The molecule has 1 aliphatic heterocycles. The van der Waals surface area contributed by atoms with E-state index in [0.29, 0.717) is 18.7 Å². The van der Waals surface area contributed by atoms with E-state index in [1.807, 2.05) is 77.3 Å². The van der Waals surface area contributed by atoms with Gasteiger partial charge in [0.25, 0.3) is 11.7 Å². The van der Waals surface area contributed by atoms with Gasteiger partial charge < -0.3 is 14.9 Å². The Balaban J connectivity index is 2.19. The summed E-state index contributed by atoms with van der Waals surface area (Å²) in [5, 5.41) is 11.2. The molecular weight excluding hydrogens is 364 g/mol. The van der Waals surface area contributed by atoms with Crippen molar-refractivity contribution < 1.29 is 19.6 Å². The number of hydrogen-bond donors (Lipinski definition) is 2. The van der Waals surface area contributed by atoms with Crippen molar-refractivity contribution in [2.24, 2.45) is 0 Å². The Morgan fingerprint density at radius 2 is 1.62 bits per heavy atom. The second kappa shape index (κ2) is 8.21. The van der Waals surface area contributed by atoms with Crippen LogP contribution in [0, 0.1) is 20.8 Å². The van der Waals surface area contributed by atoms with Crippen LogP contribution in [-0.4, -0.2) is 48.9 Å². The molecule has 2 aromatic rings. The first-order chi connectivity index (χ1) is 13.7. The number of aliphatic hydroxyl groups excluding tert-OH is 1. The Labute approximate surface area is 172 Å². The van der Waals surface area contributed by atoms with Gasteiger partial charge in [-0.1, -0.05) is 47.5 Å². The largest absolute Gasteiger partial charge is 0.507 e. The molecule has 29 heavy (non-hydrogen) atoms. The van der Waals surface area contributed by atoms with E-state index in [1.54, 1.807) is 4.90 Å². The van der Waals surface area contributed by atoms with Gasteiger partial charge >= 0.3 is 0 Å². The molecule has 2 aromatic carbocycles. The predicted molar refractivity (Wildman–Crippen MR) is 114 cm³/mol. The van der Waals surface area contributed by atoms with Crippen LogP contribution < -0.4 is 4.90 Å². The number of amides is 1. The third-order valence-electron chi connectivity index (χ3n) is 5.43. The SMILES string of the molecule is Cc1ccc([C@H]2C(=C(O)c3cc(C)ccc3C)C(=O)C(=O)N2CC[NH+](C)C)cc1. The third kappa shape index (κ3) is 4.10. The molecule has 3 rings (SSSR count). The molecular formula is C24H29N2O3+. The summed E-state index contributed by atoms with van der Waals surface area (Å²) in [5.41, 5.74) is 4.53. The highest BCUT2D eigenvalue weighted by atomic mass is 16.3. The van der Waals surface area contributed by atoms with E-state index in [0.717, 1.165) is 22.3 Å². The molecule has 0 spiro atoms. The van der Waals surface area contributed by atoms with Crippen molar-refractivity contribution in [1.82, 2.24) is 4.90 Å². The van der Waals surface area contributed by atoms with Crippen LogP contribution in [0.2, 0.25) is 0 Å². The fraction of sp³-hybridized carbons (Fsp3) is 0.333. The summed E-state index contributed by atoms with van der Waals surface area (Å²) >= 11 is 0. The third-order valence-corrected chi connectivity index (χ3v) is 5.43. The Morgan fingerprint density at radius 1 is 1.00 bits per heavy atom. The fourth-order valence-electron chi connectivity index (χ4n) is 3.69. The molecule has 0 saturated carbocycles. The molecule has 1 aliphatic rings. The molecule has 1 saturated heterocycles. The summed E-state index contributed by atoms with van der Waals surface area (Å²) in [4.78, 5) is 28.7. The zero-order chi connectivity index (χ0) is 21.3. The Hall–Kier alpha value is -2.92. The zero-order valence-corrected chi connectivity index (χ0v) is 17.7. The minimum Gasteiger partial charge on any atom is -0.507 e. The number of nitrogens with one attached hydrogen (secondary N) is 1. The number of nitrogens with zero attached hydrogens (tertiary/aromatic N) is 1. The second-order valence-corrected chi connectivity index (χ2v) is 8.18. The Bertz CT molecular complexity index is 974. The van der Waals surface area contributed by atoms with Gasteiger partial charge in [-0.3, -0.25) is 9.59 Å². The van der Waals surface area contributed by atoms with Gasteiger partial charge in [-0.2, -0.15) is 0 Å². The average molecular weight is 394 g/mol. The number of Topliss-reactive ketones (excluding diaryl/α,β-unsaturated/α-hetero) is 1. The van der Waals surface area contributed by atoms with Gasteiger partial charge in [-0.25, -0.2) is 0 Å². The standard InChI is InChI=1S/C24H28N2O3/c1-15-7-10-18(11-8-15)21-20(22(27)19-14-16(2)6-9-17(19)3)23(28)24(29)26(21)13-12-25(4)5/h6-11,14,21,27H,12-13H2,1-5H3/p+1/t21-/m0/s1. The topological polar surface area (TPSA) is 62.0 Å². The van der Waals surface area contributed by atoms with Gasteiger partial charge in [0.2, 0.25) is 0 Å². The second-order valence-electron chi connectivity index (χ2n) is 8.18. The normalized spacial score (nSPS) is 18.7. The van der Waals surface area contributed by atoms with Crippen LogP contribution in [0.4, 0.5) is 0 Å². The molecule has 0 aromatic heterocycles. The summed E-state index contributed by atoms with van der Waals surface area (Å²) in [5.74, 6) is -1.28. The van der Waals surface area contributed by atoms with Crippen molar-refractivity contribution in [3.63, 3.8) is 0 Å². The summed E-state index contributed by atoms with van der Waals surface area (Å²) in [6.07, 6.45) is 0. The molecule has 5 heteroatoms. The van der Waals surface area contributed by atoms with Crippen LogP contribution in [0.1, 0.15) is 33.9 Å². The van der Waals surface area contributed by atoms with E-state index in [4.69, 9.17) is 0 Å². The molecule has 2 N–H and O–H groups in total. The lowest BCUT2D eigenvalue weighted by atomic mass is 9.93. The number of carbonyl (C=O) groups excluding carboxylic acids is 2. The average Bonchev–Trinajstić information content (AvgIpc) is 2.93. The lowest BCUT2D eigenvalue weighted by Gasteiger charge is -2.26. The predicted octanol–water partition coefficient (Wildman–Crippen LogP) is 2.18. The number of aliphatic hydroxyl groups is 1. The quantitative estimate of drug-likeness (QED) is 0.465. The van der Waals surface area contributed by atoms with E-state index >= 15 is 0 Å². The first-order valence-electron chi connectivity index (χ1n) is 9.92. The number of carbonyl (C=O) groups is 2. The molecule has 1 atom stereocenters. The molecule has 0 radical (unpaired) electrons. The number of aryl methyl sites for hydroxylation is 3. The van der Waals surface area contributed by atoms with Crippen molar-refractivity contribution in [2.45, 2.75) is 26.8 Å². The number of hydrogen-bond acceptors (Lipinski definition) is 3. The molecule has 0 aliphatic carbocycles. The zero-order valence-electron chi connectivity index (χ0n) is 17.7.